The van der Waals surface area contributed by atoms with Gasteiger partial charge in [0.2, 0.25) is 0 Å². The Hall–Kier alpha value is -5.35. The monoisotopic (exact) mass is 694 g/mol. The van der Waals surface area contributed by atoms with Crippen LogP contribution in [0.25, 0.3) is 42.5 Å². The molecule has 0 N–H and O–H groups in total. The number of thiol groups is 1. The van der Waals surface area contributed by atoms with Crippen molar-refractivity contribution in [2.45, 2.75) is 33.4 Å². The maximum atomic E-state index is 6.12. The molecule has 5 rings (SSSR count). The van der Waals surface area contributed by atoms with Crippen LogP contribution in [0.1, 0.15) is 72.2 Å². The second kappa shape index (κ2) is 19.2. The third kappa shape index (κ3) is 10.6. The van der Waals surface area contributed by atoms with Crippen molar-refractivity contribution in [3.05, 3.63) is 153 Å². The van der Waals surface area contributed by atoms with E-state index < -0.39 is 0 Å². The summed E-state index contributed by atoms with van der Waals surface area (Å²) in [6.45, 7) is 10.2. The topological polar surface area (TPSA) is 36.9 Å². The van der Waals surface area contributed by atoms with Crippen LogP contribution in [-0.2, 0) is 5.75 Å². The second-order valence-corrected chi connectivity index (χ2v) is 11.9. The highest BCUT2D eigenvalue weighted by atomic mass is 32.1. The number of hydrogen-bond donors (Lipinski definition) is 1. The van der Waals surface area contributed by atoms with E-state index in [1.807, 2.05) is 58.1 Å². The van der Waals surface area contributed by atoms with Crippen LogP contribution in [0, 0.1) is 0 Å². The van der Waals surface area contributed by atoms with Crippen molar-refractivity contribution < 1.29 is 18.9 Å². The summed E-state index contributed by atoms with van der Waals surface area (Å²) in [5.74, 6) is 3.78. The zero-order valence-corrected chi connectivity index (χ0v) is 30.8. The van der Waals surface area contributed by atoms with E-state index in [2.05, 4.69) is 128 Å². The number of hydrogen-bond acceptors (Lipinski definition) is 5. The molecule has 5 heteroatoms. The van der Waals surface area contributed by atoms with Crippen molar-refractivity contribution in [2.24, 2.45) is 0 Å². The Bertz CT molecular complexity index is 1930. The van der Waals surface area contributed by atoms with Crippen molar-refractivity contribution in [3.63, 3.8) is 0 Å². The van der Waals surface area contributed by atoms with Crippen LogP contribution in [0.5, 0.6) is 23.0 Å². The molecule has 0 spiro atoms. The molecule has 1 aliphatic carbocycles. The lowest BCUT2D eigenvalue weighted by atomic mass is 10.0. The van der Waals surface area contributed by atoms with Gasteiger partial charge in [-0.2, -0.15) is 12.6 Å². The van der Waals surface area contributed by atoms with Gasteiger partial charge in [-0.15, -0.1) is 5.73 Å². The SMILES string of the molecule is CCOc1cc(/C=C/c2ccc(/C=C/c3c(OCC)cc(CS)cc3OCC)cc2)cc(OCC)c1/C=C/c1ccc(/C=C/C2=C=CC=C2)cc1. The number of allylic oxidation sites excluding steroid dienone is 4. The lowest BCUT2D eigenvalue weighted by Crippen LogP contribution is -2.00. The Balaban J connectivity index is 1.33. The largest absolute Gasteiger partial charge is 0.493 e. The van der Waals surface area contributed by atoms with Crippen LogP contribution < -0.4 is 18.9 Å². The van der Waals surface area contributed by atoms with Crippen LogP contribution in [-0.4, -0.2) is 26.4 Å². The number of ether oxygens (including phenoxy) is 4. The first-order chi connectivity index (χ1) is 25.0. The molecule has 0 aromatic heterocycles. The van der Waals surface area contributed by atoms with Gasteiger partial charge in [-0.05, 0) is 116 Å². The minimum Gasteiger partial charge on any atom is -0.493 e. The van der Waals surface area contributed by atoms with E-state index in [4.69, 9.17) is 18.9 Å². The van der Waals surface area contributed by atoms with Gasteiger partial charge in [0.15, 0.2) is 0 Å². The Morgan fingerprint density at radius 1 is 0.490 bits per heavy atom. The maximum Gasteiger partial charge on any atom is 0.130 e. The van der Waals surface area contributed by atoms with E-state index in [1.54, 1.807) is 0 Å². The predicted octanol–water partition coefficient (Wildman–Crippen LogP) is 11.9. The minimum atomic E-state index is 0.549. The van der Waals surface area contributed by atoms with Crippen LogP contribution in [0.2, 0.25) is 0 Å². The fourth-order valence-corrected chi connectivity index (χ4v) is 5.70. The van der Waals surface area contributed by atoms with Crippen molar-refractivity contribution in [2.75, 3.05) is 26.4 Å². The van der Waals surface area contributed by atoms with Crippen molar-refractivity contribution in [1.82, 2.24) is 0 Å². The van der Waals surface area contributed by atoms with Crippen molar-refractivity contribution in [3.8, 4) is 23.0 Å². The van der Waals surface area contributed by atoms with E-state index in [0.717, 1.165) is 73.1 Å². The smallest absolute Gasteiger partial charge is 0.130 e. The second-order valence-electron chi connectivity index (χ2n) is 11.6. The normalized spacial score (nSPS) is 12.5. The summed E-state index contributed by atoms with van der Waals surface area (Å²) in [4.78, 5) is 0. The molecule has 51 heavy (non-hydrogen) atoms. The fraction of sp³-hybridized carbons (Fsp3) is 0.196. The zero-order chi connectivity index (χ0) is 35.8. The Morgan fingerprint density at radius 2 is 0.863 bits per heavy atom. The summed E-state index contributed by atoms with van der Waals surface area (Å²) in [5.41, 5.74) is 12.6. The molecule has 0 fully saturated rings. The van der Waals surface area contributed by atoms with Crippen LogP contribution in [0.15, 0.2) is 108 Å². The lowest BCUT2D eigenvalue weighted by Gasteiger charge is -2.15. The van der Waals surface area contributed by atoms with Crippen LogP contribution in [0.4, 0.5) is 0 Å². The highest BCUT2D eigenvalue weighted by Gasteiger charge is 2.12. The lowest BCUT2D eigenvalue weighted by molar-refractivity contribution is 0.321. The minimum absolute atomic E-state index is 0.549. The molecular formula is C46H46O4S. The molecule has 0 saturated heterocycles. The molecule has 260 valence electrons. The zero-order valence-electron chi connectivity index (χ0n) is 29.9. The van der Waals surface area contributed by atoms with E-state index in [9.17, 15) is 0 Å². The van der Waals surface area contributed by atoms with Gasteiger partial charge in [0.05, 0.1) is 37.6 Å². The quantitative estimate of drug-likeness (QED) is 0.0678. The fourth-order valence-electron chi connectivity index (χ4n) is 5.51. The van der Waals surface area contributed by atoms with Gasteiger partial charge in [-0.3, -0.25) is 0 Å². The standard InChI is InChI=1S/C46H46O4S/c1-5-47-43-29-39(30-44(48-6-2)41(43)27-25-37-19-15-35(16-20-37)14-13-34-11-9-10-12-34)24-23-36-17-21-38(22-18-36)26-28-42-45(49-7-3)31-40(33-51)32-46(42)50-8-4/h9-11,13-32,51H,5-8,33H2,1-4H3/b14-13+,24-23+,27-25+,28-26+. The van der Waals surface area contributed by atoms with Gasteiger partial charge >= 0.3 is 0 Å². The molecule has 0 aliphatic heterocycles. The summed E-state index contributed by atoms with van der Waals surface area (Å²) in [6, 6.07) is 25.1. The van der Waals surface area contributed by atoms with Gasteiger partial charge in [0.25, 0.3) is 0 Å². The average Bonchev–Trinajstić information content (AvgIpc) is 3.68. The molecule has 0 amide bonds. The molecule has 4 aromatic carbocycles. The summed E-state index contributed by atoms with van der Waals surface area (Å²) in [5, 5.41) is 0. The van der Waals surface area contributed by atoms with Gasteiger partial charge in [0.1, 0.15) is 23.0 Å². The molecule has 4 aromatic rings. The third-order valence-corrected chi connectivity index (χ3v) is 8.34. The molecular weight excluding hydrogens is 649 g/mol. The molecule has 0 saturated carbocycles. The third-order valence-electron chi connectivity index (χ3n) is 7.98. The average molecular weight is 695 g/mol. The maximum absolute atomic E-state index is 6.12. The molecule has 1 aliphatic rings. The van der Waals surface area contributed by atoms with Crippen LogP contribution >= 0.6 is 12.6 Å². The Kier molecular flexibility index (Phi) is 13.9. The van der Waals surface area contributed by atoms with Crippen LogP contribution in [0.3, 0.4) is 0 Å². The van der Waals surface area contributed by atoms with E-state index in [-0.39, 0.29) is 0 Å². The summed E-state index contributed by atoms with van der Waals surface area (Å²) >= 11 is 4.45. The summed E-state index contributed by atoms with van der Waals surface area (Å²) in [7, 11) is 0. The molecule has 4 nitrogen and oxygen atoms in total. The first-order valence-electron chi connectivity index (χ1n) is 17.6. The predicted molar refractivity (Wildman–Crippen MR) is 220 cm³/mol. The molecule has 0 unspecified atom stereocenters. The van der Waals surface area contributed by atoms with E-state index in [0.29, 0.717) is 32.2 Å². The molecule has 0 heterocycles. The Labute approximate surface area is 308 Å². The first-order valence-corrected chi connectivity index (χ1v) is 18.2. The van der Waals surface area contributed by atoms with Gasteiger partial charge < -0.3 is 18.9 Å². The van der Waals surface area contributed by atoms with Gasteiger partial charge in [0, 0.05) is 11.3 Å². The highest BCUT2D eigenvalue weighted by molar-refractivity contribution is 7.79. The number of benzene rings is 4. The summed E-state index contributed by atoms with van der Waals surface area (Å²) < 4.78 is 24.2. The highest BCUT2D eigenvalue weighted by Crippen LogP contribution is 2.35. The Morgan fingerprint density at radius 3 is 1.24 bits per heavy atom. The van der Waals surface area contributed by atoms with E-state index in [1.165, 1.54) is 0 Å². The van der Waals surface area contributed by atoms with Crippen molar-refractivity contribution >= 4 is 55.2 Å². The molecule has 0 radical (unpaired) electrons. The number of rotatable bonds is 17. The van der Waals surface area contributed by atoms with Crippen molar-refractivity contribution in [1.29, 1.82) is 0 Å². The van der Waals surface area contributed by atoms with Gasteiger partial charge in [-0.25, -0.2) is 0 Å². The molecule has 0 atom stereocenters. The first kappa shape index (κ1) is 36.9. The summed E-state index contributed by atoms with van der Waals surface area (Å²) in [6.07, 6.45) is 22.6. The van der Waals surface area contributed by atoms with E-state index >= 15 is 0 Å². The van der Waals surface area contributed by atoms with Gasteiger partial charge in [-0.1, -0.05) is 85.0 Å². The molecule has 0 bridgehead atoms.